The molecule has 1 aliphatic heterocycles. The van der Waals surface area contributed by atoms with E-state index in [-0.39, 0.29) is 5.60 Å². The number of nitrogens with zero attached hydrogens (tertiary/aromatic N) is 1. The first-order valence-electron chi connectivity index (χ1n) is 8.20. The summed E-state index contributed by atoms with van der Waals surface area (Å²) in [6, 6.07) is 6.95. The van der Waals surface area contributed by atoms with Crippen LogP contribution in [0.1, 0.15) is 51.3 Å². The van der Waals surface area contributed by atoms with Crippen LogP contribution in [0.4, 0.5) is 0 Å². The molecule has 3 heteroatoms. The van der Waals surface area contributed by atoms with Crippen molar-refractivity contribution in [1.82, 2.24) is 10.2 Å². The Morgan fingerprint density at radius 2 is 2.00 bits per heavy atom. The first-order valence-corrected chi connectivity index (χ1v) is 8.20. The molecule has 0 aromatic heterocycles. The molecular weight excluding hydrogens is 260 g/mol. The van der Waals surface area contributed by atoms with Crippen LogP contribution < -0.4 is 10.1 Å². The van der Waals surface area contributed by atoms with Gasteiger partial charge in [-0.3, -0.25) is 0 Å². The zero-order chi connectivity index (χ0) is 15.5. The summed E-state index contributed by atoms with van der Waals surface area (Å²) in [5, 5.41) is 3.73. The SMILES string of the molecule is CCN(CC)CCNC1CC(C)(C)Oc2cc(C)ccc21. The van der Waals surface area contributed by atoms with E-state index in [9.17, 15) is 0 Å². The zero-order valence-corrected chi connectivity index (χ0v) is 14.2. The third-order valence-corrected chi connectivity index (χ3v) is 4.34. The van der Waals surface area contributed by atoms with Gasteiger partial charge in [0.1, 0.15) is 11.4 Å². The normalized spacial score (nSPS) is 20.2. The van der Waals surface area contributed by atoms with Crippen LogP contribution in [-0.2, 0) is 0 Å². The van der Waals surface area contributed by atoms with E-state index in [2.05, 4.69) is 63.0 Å². The van der Waals surface area contributed by atoms with Gasteiger partial charge >= 0.3 is 0 Å². The summed E-state index contributed by atoms with van der Waals surface area (Å²) < 4.78 is 6.15. The number of hydrogen-bond donors (Lipinski definition) is 1. The van der Waals surface area contributed by atoms with Gasteiger partial charge in [-0.2, -0.15) is 0 Å². The molecule has 2 rings (SSSR count). The van der Waals surface area contributed by atoms with Crippen molar-refractivity contribution in [2.24, 2.45) is 0 Å². The molecule has 0 saturated heterocycles. The summed E-state index contributed by atoms with van der Waals surface area (Å²) in [7, 11) is 0. The summed E-state index contributed by atoms with van der Waals surface area (Å²) in [4.78, 5) is 2.45. The maximum absolute atomic E-state index is 6.15. The van der Waals surface area contributed by atoms with Crippen LogP contribution in [0.3, 0.4) is 0 Å². The van der Waals surface area contributed by atoms with Crippen LogP contribution in [0.15, 0.2) is 18.2 Å². The van der Waals surface area contributed by atoms with Crippen LogP contribution >= 0.6 is 0 Å². The highest BCUT2D eigenvalue weighted by Gasteiger charge is 2.33. The molecule has 3 nitrogen and oxygen atoms in total. The summed E-state index contributed by atoms with van der Waals surface area (Å²) in [6.07, 6.45) is 1.02. The molecular formula is C18H30N2O. The van der Waals surface area contributed by atoms with Gasteiger partial charge in [0.25, 0.3) is 0 Å². The van der Waals surface area contributed by atoms with Crippen molar-refractivity contribution < 1.29 is 4.74 Å². The van der Waals surface area contributed by atoms with Crippen molar-refractivity contribution >= 4 is 0 Å². The van der Waals surface area contributed by atoms with Crippen LogP contribution in [0.2, 0.25) is 0 Å². The summed E-state index contributed by atoms with van der Waals surface area (Å²) in [5.41, 5.74) is 2.46. The number of ether oxygens (including phenoxy) is 1. The molecule has 1 aromatic rings. The molecule has 0 fully saturated rings. The van der Waals surface area contributed by atoms with Gasteiger partial charge in [-0.25, -0.2) is 0 Å². The molecule has 1 atom stereocenters. The Morgan fingerprint density at radius 1 is 1.29 bits per heavy atom. The number of rotatable bonds is 6. The molecule has 0 amide bonds. The molecule has 0 bridgehead atoms. The molecule has 21 heavy (non-hydrogen) atoms. The van der Waals surface area contributed by atoms with Crippen LogP contribution in [-0.4, -0.2) is 36.7 Å². The molecule has 1 N–H and O–H groups in total. The lowest BCUT2D eigenvalue weighted by Crippen LogP contribution is -2.41. The Morgan fingerprint density at radius 3 is 2.67 bits per heavy atom. The van der Waals surface area contributed by atoms with E-state index < -0.39 is 0 Å². The minimum atomic E-state index is -0.104. The fraction of sp³-hybridized carbons (Fsp3) is 0.667. The molecule has 0 saturated carbocycles. The number of nitrogens with one attached hydrogen (secondary N) is 1. The molecule has 1 unspecified atom stereocenters. The quantitative estimate of drug-likeness (QED) is 0.867. The average molecular weight is 290 g/mol. The Bertz CT molecular complexity index is 466. The lowest BCUT2D eigenvalue weighted by molar-refractivity contribution is 0.0655. The van der Waals surface area contributed by atoms with Crippen molar-refractivity contribution in [3.05, 3.63) is 29.3 Å². The Labute approximate surface area is 129 Å². The minimum Gasteiger partial charge on any atom is -0.487 e. The highest BCUT2D eigenvalue weighted by atomic mass is 16.5. The van der Waals surface area contributed by atoms with Crippen LogP contribution in [0.5, 0.6) is 5.75 Å². The molecule has 118 valence electrons. The van der Waals surface area contributed by atoms with Gasteiger partial charge in [0.2, 0.25) is 0 Å². The smallest absolute Gasteiger partial charge is 0.125 e. The fourth-order valence-electron chi connectivity index (χ4n) is 3.08. The monoisotopic (exact) mass is 290 g/mol. The van der Waals surface area contributed by atoms with E-state index in [0.29, 0.717) is 6.04 Å². The molecule has 0 aliphatic carbocycles. The van der Waals surface area contributed by atoms with E-state index in [1.54, 1.807) is 0 Å². The van der Waals surface area contributed by atoms with Crippen molar-refractivity contribution in [2.75, 3.05) is 26.2 Å². The van der Waals surface area contributed by atoms with E-state index in [1.807, 2.05) is 0 Å². The van der Waals surface area contributed by atoms with Gasteiger partial charge in [0.05, 0.1) is 0 Å². The number of hydrogen-bond acceptors (Lipinski definition) is 3. The number of aryl methyl sites for hydroxylation is 1. The molecule has 1 aromatic carbocycles. The van der Waals surface area contributed by atoms with Crippen molar-refractivity contribution in [3.8, 4) is 5.75 Å². The average Bonchev–Trinajstić information content (AvgIpc) is 2.41. The predicted octanol–water partition coefficient (Wildman–Crippen LogP) is 3.53. The number of benzene rings is 1. The van der Waals surface area contributed by atoms with Gasteiger partial charge in [0, 0.05) is 31.1 Å². The summed E-state index contributed by atoms with van der Waals surface area (Å²) in [6.45, 7) is 15.3. The van der Waals surface area contributed by atoms with Crippen LogP contribution in [0.25, 0.3) is 0 Å². The van der Waals surface area contributed by atoms with E-state index >= 15 is 0 Å². The maximum Gasteiger partial charge on any atom is 0.125 e. The maximum atomic E-state index is 6.15. The Hall–Kier alpha value is -1.06. The fourth-order valence-corrected chi connectivity index (χ4v) is 3.08. The third-order valence-electron chi connectivity index (χ3n) is 4.34. The number of likely N-dealkylation sites (N-methyl/N-ethyl adjacent to an activating group) is 1. The van der Waals surface area contributed by atoms with E-state index in [1.165, 1.54) is 11.1 Å². The Balaban J connectivity index is 2.06. The van der Waals surface area contributed by atoms with E-state index in [4.69, 9.17) is 4.74 Å². The van der Waals surface area contributed by atoms with E-state index in [0.717, 1.165) is 38.3 Å². The number of fused-ring (bicyclic) bond motifs is 1. The minimum absolute atomic E-state index is 0.104. The largest absolute Gasteiger partial charge is 0.487 e. The first-order chi connectivity index (χ1) is 9.95. The second-order valence-corrected chi connectivity index (χ2v) is 6.64. The molecule has 1 aliphatic rings. The standard InChI is InChI=1S/C18H30N2O/c1-6-20(7-2)11-10-19-16-13-18(4,5)21-17-12-14(3)8-9-15(16)17/h8-9,12,16,19H,6-7,10-11,13H2,1-5H3. The first kappa shape index (κ1) is 16.3. The predicted molar refractivity (Wildman–Crippen MR) is 89.0 cm³/mol. The van der Waals surface area contributed by atoms with Crippen molar-refractivity contribution in [2.45, 2.75) is 52.7 Å². The van der Waals surface area contributed by atoms with Crippen molar-refractivity contribution in [1.29, 1.82) is 0 Å². The van der Waals surface area contributed by atoms with Crippen molar-refractivity contribution in [3.63, 3.8) is 0 Å². The highest BCUT2D eigenvalue weighted by Crippen LogP contribution is 2.39. The lowest BCUT2D eigenvalue weighted by Gasteiger charge is -2.38. The molecule has 0 radical (unpaired) electrons. The topological polar surface area (TPSA) is 24.5 Å². The highest BCUT2D eigenvalue weighted by molar-refractivity contribution is 5.41. The summed E-state index contributed by atoms with van der Waals surface area (Å²) >= 11 is 0. The Kier molecular flexibility index (Phi) is 5.28. The van der Waals surface area contributed by atoms with Gasteiger partial charge in [0.15, 0.2) is 0 Å². The second kappa shape index (κ2) is 6.80. The van der Waals surface area contributed by atoms with Gasteiger partial charge in [-0.1, -0.05) is 26.0 Å². The third kappa shape index (κ3) is 4.21. The molecule has 1 heterocycles. The van der Waals surface area contributed by atoms with Crippen LogP contribution in [0, 0.1) is 6.92 Å². The van der Waals surface area contributed by atoms with Gasteiger partial charge in [-0.05, 0) is 45.5 Å². The lowest BCUT2D eigenvalue weighted by atomic mass is 9.89. The summed E-state index contributed by atoms with van der Waals surface area (Å²) in [5.74, 6) is 1.05. The second-order valence-electron chi connectivity index (χ2n) is 6.64. The van der Waals surface area contributed by atoms with Gasteiger partial charge in [-0.15, -0.1) is 0 Å². The van der Waals surface area contributed by atoms with Gasteiger partial charge < -0.3 is 15.0 Å². The zero-order valence-electron chi connectivity index (χ0n) is 14.2. The molecule has 0 spiro atoms.